The number of thiophene rings is 1. The number of hydrogen-bond donors (Lipinski definition) is 1. The summed E-state index contributed by atoms with van der Waals surface area (Å²) in [6, 6.07) is 12.4. The van der Waals surface area contributed by atoms with Crippen LogP contribution in [0.4, 0.5) is 0 Å². The van der Waals surface area contributed by atoms with Crippen LogP contribution in [0.2, 0.25) is 0 Å². The zero-order valence-corrected chi connectivity index (χ0v) is 18.3. The smallest absolute Gasteiger partial charge is 0.254 e. The van der Waals surface area contributed by atoms with Crippen molar-refractivity contribution in [3.63, 3.8) is 0 Å². The predicted molar refractivity (Wildman–Crippen MR) is 117 cm³/mol. The van der Waals surface area contributed by atoms with Crippen molar-refractivity contribution in [1.29, 1.82) is 0 Å². The minimum atomic E-state index is -1.06. The van der Waals surface area contributed by atoms with E-state index in [0.29, 0.717) is 26.0 Å². The lowest BCUT2D eigenvalue weighted by Crippen LogP contribution is -2.62. The standard InChI is InChI=1S/C23H30N2O3S/c1-4-6-21(26)25-12-13-28-23(16-25,22(27)24-17(2)3)15-18-8-10-19(11-9-18)20-7-5-14-29-20/h5,7-11,14,17H,4,6,12-13,15-16H2,1-3H3,(H,24,27)/t23-/m0/s1. The molecule has 5 nitrogen and oxygen atoms in total. The van der Waals surface area contributed by atoms with E-state index in [1.54, 1.807) is 16.2 Å². The highest BCUT2D eigenvalue weighted by atomic mass is 32.1. The Labute approximate surface area is 177 Å². The fourth-order valence-corrected chi connectivity index (χ4v) is 4.38. The average molecular weight is 415 g/mol. The van der Waals surface area contributed by atoms with E-state index in [-0.39, 0.29) is 24.4 Å². The van der Waals surface area contributed by atoms with Gasteiger partial charge in [0.15, 0.2) is 5.60 Å². The number of amides is 2. The van der Waals surface area contributed by atoms with Gasteiger partial charge in [0.05, 0.1) is 13.2 Å². The van der Waals surface area contributed by atoms with E-state index in [9.17, 15) is 9.59 Å². The van der Waals surface area contributed by atoms with Crippen molar-refractivity contribution in [3.05, 3.63) is 47.3 Å². The molecule has 0 aliphatic carbocycles. The summed E-state index contributed by atoms with van der Waals surface area (Å²) in [4.78, 5) is 28.6. The number of hydrogen-bond acceptors (Lipinski definition) is 4. The van der Waals surface area contributed by atoms with E-state index in [1.807, 2.05) is 26.8 Å². The lowest BCUT2D eigenvalue weighted by atomic mass is 9.90. The zero-order chi connectivity index (χ0) is 20.9. The summed E-state index contributed by atoms with van der Waals surface area (Å²) in [7, 11) is 0. The predicted octanol–water partition coefficient (Wildman–Crippen LogP) is 3.88. The maximum atomic E-state index is 13.1. The molecule has 1 aliphatic rings. The second-order valence-corrected chi connectivity index (χ2v) is 8.83. The van der Waals surface area contributed by atoms with Crippen molar-refractivity contribution in [3.8, 4) is 10.4 Å². The molecule has 1 atom stereocenters. The van der Waals surface area contributed by atoms with Crippen LogP contribution in [0, 0.1) is 0 Å². The van der Waals surface area contributed by atoms with Gasteiger partial charge in [-0.25, -0.2) is 0 Å². The minimum absolute atomic E-state index is 0.00546. The molecule has 0 spiro atoms. The van der Waals surface area contributed by atoms with Crippen molar-refractivity contribution in [1.82, 2.24) is 10.2 Å². The highest BCUT2D eigenvalue weighted by Crippen LogP contribution is 2.28. The first-order chi connectivity index (χ1) is 13.9. The fraction of sp³-hybridized carbons (Fsp3) is 0.478. The third-order valence-corrected chi connectivity index (χ3v) is 6.00. The molecule has 29 heavy (non-hydrogen) atoms. The maximum absolute atomic E-state index is 13.1. The molecule has 0 radical (unpaired) electrons. The first-order valence-electron chi connectivity index (χ1n) is 10.3. The Kier molecular flexibility index (Phi) is 7.09. The van der Waals surface area contributed by atoms with Gasteiger partial charge in [-0.1, -0.05) is 37.3 Å². The van der Waals surface area contributed by atoms with Crippen LogP contribution in [-0.2, 0) is 20.7 Å². The zero-order valence-electron chi connectivity index (χ0n) is 17.4. The number of carbonyl (C=O) groups is 2. The van der Waals surface area contributed by atoms with Gasteiger partial charge in [-0.05, 0) is 42.8 Å². The molecule has 2 amide bonds. The molecule has 6 heteroatoms. The van der Waals surface area contributed by atoms with E-state index in [1.165, 1.54) is 4.88 Å². The van der Waals surface area contributed by atoms with Gasteiger partial charge < -0.3 is 15.0 Å². The van der Waals surface area contributed by atoms with Crippen LogP contribution in [0.5, 0.6) is 0 Å². The van der Waals surface area contributed by atoms with Crippen LogP contribution in [0.25, 0.3) is 10.4 Å². The largest absolute Gasteiger partial charge is 0.361 e. The molecular formula is C23H30N2O3S. The molecule has 3 rings (SSSR count). The van der Waals surface area contributed by atoms with Gasteiger partial charge in [-0.2, -0.15) is 0 Å². The monoisotopic (exact) mass is 414 g/mol. The summed E-state index contributed by atoms with van der Waals surface area (Å²) in [5, 5.41) is 5.06. The Bertz CT molecular complexity index is 817. The number of morpholine rings is 1. The quantitative estimate of drug-likeness (QED) is 0.748. The Hall–Kier alpha value is -2.18. The van der Waals surface area contributed by atoms with Crippen LogP contribution in [0.15, 0.2) is 41.8 Å². The molecule has 1 aromatic carbocycles. The van der Waals surface area contributed by atoms with Gasteiger partial charge in [0, 0.05) is 30.3 Å². The number of rotatable bonds is 7. The van der Waals surface area contributed by atoms with Crippen molar-refractivity contribution in [2.24, 2.45) is 0 Å². The van der Waals surface area contributed by atoms with Crippen molar-refractivity contribution in [2.75, 3.05) is 19.7 Å². The van der Waals surface area contributed by atoms with Crippen LogP contribution in [0.3, 0.4) is 0 Å². The van der Waals surface area contributed by atoms with Crippen LogP contribution in [-0.4, -0.2) is 48.1 Å². The molecule has 1 N–H and O–H groups in total. The fourth-order valence-electron chi connectivity index (χ4n) is 3.65. The summed E-state index contributed by atoms with van der Waals surface area (Å²) in [6.07, 6.45) is 1.73. The second-order valence-electron chi connectivity index (χ2n) is 7.89. The molecule has 0 saturated carbocycles. The molecule has 1 aromatic heterocycles. The third kappa shape index (κ3) is 5.25. The Morgan fingerprint density at radius 2 is 2.00 bits per heavy atom. The highest BCUT2D eigenvalue weighted by Gasteiger charge is 2.45. The molecule has 1 saturated heterocycles. The molecule has 0 bridgehead atoms. The maximum Gasteiger partial charge on any atom is 0.254 e. The van der Waals surface area contributed by atoms with Crippen LogP contribution in [0.1, 0.15) is 39.2 Å². The Morgan fingerprint density at radius 1 is 1.24 bits per heavy atom. The SMILES string of the molecule is CCCC(=O)N1CCO[C@](Cc2ccc(-c3cccs3)cc2)(C(=O)NC(C)C)C1. The number of nitrogens with zero attached hydrogens (tertiary/aromatic N) is 1. The molecule has 2 aromatic rings. The van der Waals surface area contributed by atoms with Gasteiger partial charge in [0.25, 0.3) is 5.91 Å². The van der Waals surface area contributed by atoms with Gasteiger partial charge in [-0.15, -0.1) is 11.3 Å². The van der Waals surface area contributed by atoms with E-state index < -0.39 is 5.60 Å². The van der Waals surface area contributed by atoms with Crippen molar-refractivity contribution in [2.45, 2.75) is 51.7 Å². The minimum Gasteiger partial charge on any atom is -0.361 e. The van der Waals surface area contributed by atoms with Crippen molar-refractivity contribution < 1.29 is 14.3 Å². The summed E-state index contributed by atoms with van der Waals surface area (Å²) in [5.74, 6) is -0.0607. The first-order valence-corrected chi connectivity index (χ1v) is 11.2. The lowest BCUT2D eigenvalue weighted by Gasteiger charge is -2.42. The van der Waals surface area contributed by atoms with E-state index in [4.69, 9.17) is 4.74 Å². The average Bonchev–Trinajstić information content (AvgIpc) is 3.23. The highest BCUT2D eigenvalue weighted by molar-refractivity contribution is 7.13. The summed E-state index contributed by atoms with van der Waals surface area (Å²) >= 11 is 1.70. The Morgan fingerprint density at radius 3 is 2.62 bits per heavy atom. The molecule has 1 aliphatic heterocycles. The molecule has 2 heterocycles. The molecule has 1 fully saturated rings. The lowest BCUT2D eigenvalue weighted by molar-refractivity contribution is -0.166. The van der Waals surface area contributed by atoms with E-state index in [2.05, 4.69) is 41.0 Å². The van der Waals surface area contributed by atoms with Crippen LogP contribution >= 0.6 is 11.3 Å². The van der Waals surface area contributed by atoms with E-state index >= 15 is 0 Å². The van der Waals surface area contributed by atoms with E-state index in [0.717, 1.165) is 17.5 Å². The van der Waals surface area contributed by atoms with Crippen molar-refractivity contribution >= 4 is 23.2 Å². The number of benzene rings is 1. The van der Waals surface area contributed by atoms with Crippen LogP contribution < -0.4 is 5.32 Å². The normalized spacial score (nSPS) is 19.4. The first kappa shape index (κ1) is 21.5. The molecule has 0 unspecified atom stereocenters. The van der Waals surface area contributed by atoms with Gasteiger partial charge in [0.2, 0.25) is 5.91 Å². The topological polar surface area (TPSA) is 58.6 Å². The third-order valence-electron chi connectivity index (χ3n) is 5.09. The second kappa shape index (κ2) is 9.55. The van der Waals surface area contributed by atoms with Gasteiger partial charge >= 0.3 is 0 Å². The summed E-state index contributed by atoms with van der Waals surface area (Å²) in [6.45, 7) is 7.05. The number of ether oxygens (including phenoxy) is 1. The Balaban J connectivity index is 1.83. The summed E-state index contributed by atoms with van der Waals surface area (Å²) < 4.78 is 6.09. The number of nitrogens with one attached hydrogen (secondary N) is 1. The van der Waals surface area contributed by atoms with Gasteiger partial charge in [0.1, 0.15) is 0 Å². The number of carbonyl (C=O) groups excluding carboxylic acids is 2. The molecular weight excluding hydrogens is 384 g/mol. The summed E-state index contributed by atoms with van der Waals surface area (Å²) in [5.41, 5.74) is 1.12. The molecule has 156 valence electrons. The van der Waals surface area contributed by atoms with Gasteiger partial charge in [-0.3, -0.25) is 9.59 Å².